The second kappa shape index (κ2) is 3.58. The van der Waals surface area contributed by atoms with Gasteiger partial charge in [-0.3, -0.25) is 9.59 Å². The third kappa shape index (κ3) is 1.52. The summed E-state index contributed by atoms with van der Waals surface area (Å²) < 4.78 is 0. The lowest BCUT2D eigenvalue weighted by atomic mass is 9.75. The maximum Gasteiger partial charge on any atom is 0.314 e. The molecule has 0 spiro atoms. The van der Waals surface area contributed by atoms with Gasteiger partial charge in [-0.2, -0.15) is 0 Å². The molecule has 0 bridgehead atoms. The number of carboxylic acid groups (broad SMARTS) is 1. The topological polar surface area (TPSA) is 57.6 Å². The zero-order valence-electron chi connectivity index (χ0n) is 10.2. The molecule has 1 unspecified atom stereocenters. The first-order valence-electron chi connectivity index (χ1n) is 5.48. The van der Waals surface area contributed by atoms with Crippen molar-refractivity contribution in [3.05, 3.63) is 29.3 Å². The normalized spacial score (nSPS) is 23.5. The Morgan fingerprint density at radius 2 is 2.12 bits per heavy atom. The summed E-state index contributed by atoms with van der Waals surface area (Å²) >= 11 is 0. The number of amides is 1. The number of rotatable bonds is 1. The van der Waals surface area contributed by atoms with Crippen LogP contribution in [0.5, 0.6) is 0 Å². The van der Waals surface area contributed by atoms with Crippen LogP contribution in [0.1, 0.15) is 24.5 Å². The van der Waals surface area contributed by atoms with E-state index in [0.29, 0.717) is 5.56 Å². The molecule has 2 rings (SSSR count). The zero-order valence-corrected chi connectivity index (χ0v) is 10.2. The summed E-state index contributed by atoms with van der Waals surface area (Å²) in [6.45, 7) is 3.49. The van der Waals surface area contributed by atoms with Gasteiger partial charge in [0.1, 0.15) is 5.41 Å². The quantitative estimate of drug-likeness (QED) is 0.803. The highest BCUT2D eigenvalue weighted by Crippen LogP contribution is 2.41. The SMILES string of the molecule is Cc1cccc2c1N(C)C(=O)CC2(C)C(=O)O. The number of fused-ring (bicyclic) bond motifs is 1. The minimum Gasteiger partial charge on any atom is -0.481 e. The smallest absolute Gasteiger partial charge is 0.314 e. The Hall–Kier alpha value is -1.84. The van der Waals surface area contributed by atoms with Crippen LogP contribution in [0.4, 0.5) is 5.69 Å². The number of carbonyl (C=O) groups excluding carboxylic acids is 1. The van der Waals surface area contributed by atoms with E-state index in [9.17, 15) is 14.7 Å². The summed E-state index contributed by atoms with van der Waals surface area (Å²) in [6.07, 6.45) is 0.00921. The van der Waals surface area contributed by atoms with Gasteiger partial charge in [-0.05, 0) is 25.0 Å². The van der Waals surface area contributed by atoms with Crippen molar-refractivity contribution in [1.29, 1.82) is 0 Å². The lowest BCUT2D eigenvalue weighted by molar-refractivity contribution is -0.145. The Balaban J connectivity index is 2.74. The van der Waals surface area contributed by atoms with Crippen molar-refractivity contribution < 1.29 is 14.7 Å². The van der Waals surface area contributed by atoms with E-state index < -0.39 is 11.4 Å². The van der Waals surface area contributed by atoms with Crippen molar-refractivity contribution in [3.8, 4) is 0 Å². The highest BCUT2D eigenvalue weighted by Gasteiger charge is 2.44. The largest absolute Gasteiger partial charge is 0.481 e. The van der Waals surface area contributed by atoms with Gasteiger partial charge in [0.25, 0.3) is 0 Å². The molecule has 0 saturated heterocycles. The van der Waals surface area contributed by atoms with Crippen LogP contribution in [0.3, 0.4) is 0 Å². The van der Waals surface area contributed by atoms with Gasteiger partial charge in [-0.25, -0.2) is 0 Å². The average Bonchev–Trinajstić information content (AvgIpc) is 2.25. The molecule has 1 aromatic rings. The van der Waals surface area contributed by atoms with E-state index in [-0.39, 0.29) is 12.3 Å². The molecule has 0 aliphatic carbocycles. The Bertz CT molecular complexity index is 509. The first kappa shape index (κ1) is 11.6. The number of para-hydroxylation sites is 1. The molecule has 17 heavy (non-hydrogen) atoms. The number of hydrogen-bond donors (Lipinski definition) is 1. The summed E-state index contributed by atoms with van der Waals surface area (Å²) in [5.74, 6) is -1.11. The third-order valence-corrected chi connectivity index (χ3v) is 3.52. The molecule has 1 aliphatic heterocycles. The molecule has 1 amide bonds. The van der Waals surface area contributed by atoms with E-state index in [1.54, 1.807) is 24.9 Å². The summed E-state index contributed by atoms with van der Waals surface area (Å²) in [5, 5.41) is 9.37. The molecular weight excluding hydrogens is 218 g/mol. The monoisotopic (exact) mass is 233 g/mol. The van der Waals surface area contributed by atoms with Gasteiger partial charge in [0.2, 0.25) is 5.91 Å². The molecule has 1 heterocycles. The van der Waals surface area contributed by atoms with E-state index in [1.807, 2.05) is 19.1 Å². The van der Waals surface area contributed by atoms with Gasteiger partial charge in [0.05, 0.1) is 5.69 Å². The van der Waals surface area contributed by atoms with Crippen molar-refractivity contribution in [1.82, 2.24) is 0 Å². The number of anilines is 1. The van der Waals surface area contributed by atoms with E-state index in [0.717, 1.165) is 11.3 Å². The van der Waals surface area contributed by atoms with Crippen LogP contribution >= 0.6 is 0 Å². The Kier molecular flexibility index (Phi) is 2.45. The van der Waals surface area contributed by atoms with Crippen LogP contribution in [0.2, 0.25) is 0 Å². The fraction of sp³-hybridized carbons (Fsp3) is 0.385. The summed E-state index contributed by atoms with van der Waals surface area (Å²) in [6, 6.07) is 5.51. The molecule has 0 fully saturated rings. The Morgan fingerprint density at radius 1 is 1.47 bits per heavy atom. The van der Waals surface area contributed by atoms with Crippen molar-refractivity contribution >= 4 is 17.6 Å². The maximum absolute atomic E-state index is 11.9. The van der Waals surface area contributed by atoms with E-state index in [1.165, 1.54) is 0 Å². The minimum absolute atomic E-state index is 0.00921. The fourth-order valence-corrected chi connectivity index (χ4v) is 2.38. The Labute approximate surface area is 99.9 Å². The lowest BCUT2D eigenvalue weighted by Crippen LogP contribution is -2.45. The van der Waals surface area contributed by atoms with Crippen LogP contribution in [0.15, 0.2) is 18.2 Å². The molecule has 1 N–H and O–H groups in total. The standard InChI is InChI=1S/C13H15NO3/c1-8-5-4-6-9-11(8)14(3)10(15)7-13(9,2)12(16)17/h4-6H,7H2,1-3H3,(H,16,17). The van der Waals surface area contributed by atoms with Crippen LogP contribution < -0.4 is 4.90 Å². The van der Waals surface area contributed by atoms with Crippen molar-refractivity contribution in [2.45, 2.75) is 25.7 Å². The molecule has 90 valence electrons. The number of aryl methyl sites for hydroxylation is 1. The average molecular weight is 233 g/mol. The number of carboxylic acids is 1. The van der Waals surface area contributed by atoms with Gasteiger partial charge in [-0.1, -0.05) is 18.2 Å². The van der Waals surface area contributed by atoms with Gasteiger partial charge >= 0.3 is 5.97 Å². The van der Waals surface area contributed by atoms with Crippen LogP contribution in [-0.4, -0.2) is 24.0 Å². The highest BCUT2D eigenvalue weighted by atomic mass is 16.4. The summed E-state index contributed by atoms with van der Waals surface area (Å²) in [5.41, 5.74) is 1.25. The van der Waals surface area contributed by atoms with Crippen molar-refractivity contribution in [2.24, 2.45) is 0 Å². The van der Waals surface area contributed by atoms with Crippen molar-refractivity contribution in [3.63, 3.8) is 0 Å². The van der Waals surface area contributed by atoms with E-state index >= 15 is 0 Å². The molecular formula is C13H15NO3. The number of aliphatic carboxylic acids is 1. The third-order valence-electron chi connectivity index (χ3n) is 3.52. The van der Waals surface area contributed by atoms with Gasteiger partial charge in [0.15, 0.2) is 0 Å². The minimum atomic E-state index is -1.12. The zero-order chi connectivity index (χ0) is 12.8. The highest BCUT2D eigenvalue weighted by molar-refractivity contribution is 6.03. The summed E-state index contributed by atoms with van der Waals surface area (Å²) in [7, 11) is 1.69. The molecule has 4 heteroatoms. The predicted molar refractivity (Wildman–Crippen MR) is 64.2 cm³/mol. The van der Waals surface area contributed by atoms with E-state index in [2.05, 4.69) is 0 Å². The molecule has 0 radical (unpaired) electrons. The second-order valence-electron chi connectivity index (χ2n) is 4.74. The second-order valence-corrected chi connectivity index (χ2v) is 4.74. The maximum atomic E-state index is 11.9. The first-order valence-corrected chi connectivity index (χ1v) is 5.48. The number of carbonyl (C=O) groups is 2. The molecule has 0 aromatic heterocycles. The lowest BCUT2D eigenvalue weighted by Gasteiger charge is -2.37. The fourth-order valence-electron chi connectivity index (χ4n) is 2.38. The van der Waals surface area contributed by atoms with Crippen LogP contribution in [0.25, 0.3) is 0 Å². The predicted octanol–water partition coefficient (Wildman–Crippen LogP) is 1.70. The molecule has 4 nitrogen and oxygen atoms in total. The molecule has 1 atom stereocenters. The van der Waals surface area contributed by atoms with Crippen LogP contribution in [0, 0.1) is 6.92 Å². The number of hydrogen-bond acceptors (Lipinski definition) is 2. The first-order chi connectivity index (χ1) is 7.88. The number of nitrogens with zero attached hydrogens (tertiary/aromatic N) is 1. The van der Waals surface area contributed by atoms with E-state index in [4.69, 9.17) is 0 Å². The van der Waals surface area contributed by atoms with Crippen LogP contribution in [-0.2, 0) is 15.0 Å². The van der Waals surface area contributed by atoms with Gasteiger partial charge < -0.3 is 10.0 Å². The van der Waals surface area contributed by atoms with Gasteiger partial charge in [-0.15, -0.1) is 0 Å². The number of benzene rings is 1. The Morgan fingerprint density at radius 3 is 2.71 bits per heavy atom. The van der Waals surface area contributed by atoms with Crippen molar-refractivity contribution in [2.75, 3.05) is 11.9 Å². The van der Waals surface area contributed by atoms with Gasteiger partial charge in [0, 0.05) is 13.5 Å². The molecule has 1 aliphatic rings. The molecule has 1 aromatic carbocycles. The molecule has 0 saturated carbocycles. The summed E-state index contributed by atoms with van der Waals surface area (Å²) in [4.78, 5) is 24.9.